The Morgan fingerprint density at radius 2 is 1.61 bits per heavy atom. The lowest BCUT2D eigenvalue weighted by Gasteiger charge is -2.46. The summed E-state index contributed by atoms with van der Waals surface area (Å²) in [5.74, 6) is -0.665. The van der Waals surface area contributed by atoms with Crippen LogP contribution < -0.4 is 5.32 Å². The second-order valence-electron chi connectivity index (χ2n) is 7.40. The van der Waals surface area contributed by atoms with E-state index in [4.69, 9.17) is 14.2 Å². The maximum atomic E-state index is 11.4. The molecule has 13 nitrogen and oxygen atoms in total. The quantitative estimate of drug-likeness (QED) is 0.146. The molecule has 0 aromatic heterocycles. The Morgan fingerprint density at radius 3 is 2.16 bits per heavy atom. The molecular weight excluding hydrogens is 442 g/mol. The van der Waals surface area contributed by atoms with E-state index < -0.39 is 86.6 Å². The fourth-order valence-corrected chi connectivity index (χ4v) is 3.91. The number of hydrogen-bond acceptors (Lipinski definition) is 13. The second kappa shape index (κ2) is 12.0. The number of hydrogen-bond donors (Lipinski definition) is 9. The number of carboxylic acid groups (broad SMARTS) is 1. The van der Waals surface area contributed by atoms with Crippen molar-refractivity contribution >= 4 is 17.7 Å². The van der Waals surface area contributed by atoms with Gasteiger partial charge >= 0.3 is 5.97 Å². The summed E-state index contributed by atoms with van der Waals surface area (Å²) in [5, 5.41) is 81.7. The predicted octanol–water partition coefficient (Wildman–Crippen LogP) is -4.59. The highest BCUT2D eigenvalue weighted by Crippen LogP contribution is 2.28. The Hall–Kier alpha value is -0.620. The minimum Gasteiger partial charge on any atom is -0.480 e. The Morgan fingerprint density at radius 1 is 0.968 bits per heavy atom. The van der Waals surface area contributed by atoms with E-state index in [1.165, 1.54) is 11.8 Å². The molecule has 0 radical (unpaired) electrons. The average molecular weight is 473 g/mol. The summed E-state index contributed by atoms with van der Waals surface area (Å²) in [4.78, 5) is 11.4. The molecule has 2 fully saturated rings. The van der Waals surface area contributed by atoms with Gasteiger partial charge in [0.05, 0.1) is 13.2 Å². The number of rotatable bonds is 10. The highest BCUT2D eigenvalue weighted by atomic mass is 32.2. The van der Waals surface area contributed by atoms with Crippen LogP contribution in [0.5, 0.6) is 0 Å². The van der Waals surface area contributed by atoms with Crippen LogP contribution in [0, 0.1) is 0 Å². The predicted molar refractivity (Wildman–Crippen MR) is 104 cm³/mol. The molecule has 31 heavy (non-hydrogen) atoms. The van der Waals surface area contributed by atoms with Crippen LogP contribution in [0.4, 0.5) is 0 Å². The molecule has 0 amide bonds. The first kappa shape index (κ1) is 26.6. The fourth-order valence-electron chi connectivity index (χ4n) is 3.44. The monoisotopic (exact) mass is 473 g/mol. The summed E-state index contributed by atoms with van der Waals surface area (Å²) in [6.07, 6.45) is -13.4. The van der Waals surface area contributed by atoms with Crippen molar-refractivity contribution in [1.82, 2.24) is 5.32 Å². The van der Waals surface area contributed by atoms with Gasteiger partial charge < -0.3 is 55.1 Å². The Balaban J connectivity index is 2.10. The van der Waals surface area contributed by atoms with E-state index in [0.29, 0.717) is 5.75 Å². The van der Waals surface area contributed by atoms with Gasteiger partial charge in [0.25, 0.3) is 0 Å². The molecule has 2 heterocycles. The van der Waals surface area contributed by atoms with Crippen molar-refractivity contribution in [2.45, 2.75) is 73.8 Å². The number of carboxylic acids is 1. The molecule has 182 valence electrons. The van der Waals surface area contributed by atoms with Crippen LogP contribution >= 0.6 is 11.8 Å². The number of aliphatic carboxylic acids is 1. The van der Waals surface area contributed by atoms with Gasteiger partial charge in [-0.05, 0) is 18.4 Å². The maximum absolute atomic E-state index is 11.4. The van der Waals surface area contributed by atoms with Crippen LogP contribution in [0.1, 0.15) is 6.42 Å². The molecule has 0 spiro atoms. The zero-order chi connectivity index (χ0) is 23.3. The number of aliphatic hydroxyl groups is 7. The van der Waals surface area contributed by atoms with Crippen molar-refractivity contribution in [1.29, 1.82) is 0 Å². The van der Waals surface area contributed by atoms with Crippen LogP contribution in [-0.2, 0) is 19.0 Å². The molecule has 11 atom stereocenters. The normalized spacial score (nSPS) is 42.3. The maximum Gasteiger partial charge on any atom is 0.320 e. The molecule has 0 aliphatic carbocycles. The molecule has 2 rings (SSSR count). The SMILES string of the molecule is CSCC[C@H](NC1O[C@H](CO)[C@@H](O[C@@H]2O[C@H](CO)[C@H](O)[C@H](O)[C@H]2O)[C@H](O)[C@H]1O)C(=O)O. The molecule has 9 N–H and O–H groups in total. The van der Waals surface area contributed by atoms with Crippen LogP contribution in [-0.4, -0.2) is 139 Å². The lowest BCUT2D eigenvalue weighted by Crippen LogP contribution is -2.67. The van der Waals surface area contributed by atoms with Gasteiger partial charge in [0.1, 0.15) is 61.1 Å². The highest BCUT2D eigenvalue weighted by Gasteiger charge is 2.50. The van der Waals surface area contributed by atoms with Gasteiger partial charge in [-0.25, -0.2) is 0 Å². The zero-order valence-corrected chi connectivity index (χ0v) is 17.6. The largest absolute Gasteiger partial charge is 0.480 e. The van der Waals surface area contributed by atoms with Gasteiger partial charge in [-0.2, -0.15) is 11.8 Å². The molecule has 2 saturated heterocycles. The van der Waals surface area contributed by atoms with Gasteiger partial charge in [-0.3, -0.25) is 10.1 Å². The van der Waals surface area contributed by atoms with Crippen molar-refractivity contribution in [2.75, 3.05) is 25.2 Å². The summed E-state index contributed by atoms with van der Waals surface area (Å²) < 4.78 is 16.2. The summed E-state index contributed by atoms with van der Waals surface area (Å²) in [6.45, 7) is -1.40. The van der Waals surface area contributed by atoms with Gasteiger partial charge in [0.2, 0.25) is 0 Å². The topological polar surface area (TPSA) is 219 Å². The third kappa shape index (κ3) is 6.25. The van der Waals surface area contributed by atoms with Gasteiger partial charge in [0.15, 0.2) is 6.29 Å². The number of ether oxygens (including phenoxy) is 3. The number of carbonyl (C=O) groups is 1. The lowest BCUT2D eigenvalue weighted by molar-refractivity contribution is -0.343. The van der Waals surface area contributed by atoms with Crippen LogP contribution in [0.3, 0.4) is 0 Å². The molecular formula is C17H31NO12S. The van der Waals surface area contributed by atoms with E-state index in [-0.39, 0.29) is 6.42 Å². The highest BCUT2D eigenvalue weighted by molar-refractivity contribution is 7.98. The Kier molecular flexibility index (Phi) is 10.3. The molecule has 1 unspecified atom stereocenters. The first-order valence-electron chi connectivity index (χ1n) is 9.72. The Labute approximate surface area is 182 Å². The minimum atomic E-state index is -1.76. The number of thioether (sulfide) groups is 1. The molecule has 2 aliphatic rings. The number of nitrogens with one attached hydrogen (secondary N) is 1. The second-order valence-corrected chi connectivity index (χ2v) is 8.38. The standard InChI is InChI=1S/C17H31NO12S/c1-31-3-2-6(16(26)27)18-15-12(24)11(23)14(8(5-20)28-15)30-17-13(25)10(22)9(21)7(4-19)29-17/h6-15,17-25H,2-5H2,1H3,(H,26,27)/t6-,7+,8+,9-,10-,11+,12+,13+,14+,15?,17-/m0/s1. The van der Waals surface area contributed by atoms with E-state index in [1.54, 1.807) is 6.26 Å². The van der Waals surface area contributed by atoms with Gasteiger partial charge in [-0.15, -0.1) is 0 Å². The van der Waals surface area contributed by atoms with E-state index >= 15 is 0 Å². The Bertz CT molecular complexity index is 569. The summed E-state index contributed by atoms with van der Waals surface area (Å²) in [7, 11) is 0. The third-order valence-corrected chi connectivity index (χ3v) is 5.92. The summed E-state index contributed by atoms with van der Waals surface area (Å²) >= 11 is 1.43. The van der Waals surface area contributed by atoms with Gasteiger partial charge in [-0.1, -0.05) is 0 Å². The molecule has 2 aliphatic heterocycles. The fraction of sp³-hybridized carbons (Fsp3) is 0.941. The van der Waals surface area contributed by atoms with E-state index in [9.17, 15) is 45.6 Å². The minimum absolute atomic E-state index is 0.216. The van der Waals surface area contributed by atoms with E-state index in [1.807, 2.05) is 0 Å². The van der Waals surface area contributed by atoms with Crippen molar-refractivity contribution in [3.05, 3.63) is 0 Å². The van der Waals surface area contributed by atoms with E-state index in [2.05, 4.69) is 5.32 Å². The van der Waals surface area contributed by atoms with Crippen LogP contribution in [0.15, 0.2) is 0 Å². The van der Waals surface area contributed by atoms with Gasteiger partial charge in [0, 0.05) is 0 Å². The van der Waals surface area contributed by atoms with Crippen molar-refractivity contribution in [2.24, 2.45) is 0 Å². The third-order valence-electron chi connectivity index (χ3n) is 5.28. The lowest BCUT2D eigenvalue weighted by atomic mass is 9.96. The van der Waals surface area contributed by atoms with Crippen molar-refractivity contribution in [3.63, 3.8) is 0 Å². The molecule has 0 bridgehead atoms. The number of aliphatic hydroxyl groups excluding tert-OH is 7. The molecule has 0 aromatic rings. The first-order chi connectivity index (χ1) is 14.7. The zero-order valence-electron chi connectivity index (χ0n) is 16.8. The first-order valence-corrected chi connectivity index (χ1v) is 11.1. The molecule has 14 heteroatoms. The van der Waals surface area contributed by atoms with Crippen LogP contribution in [0.25, 0.3) is 0 Å². The summed E-state index contributed by atoms with van der Waals surface area (Å²) in [6, 6.07) is -1.08. The van der Waals surface area contributed by atoms with Crippen molar-refractivity contribution in [3.8, 4) is 0 Å². The van der Waals surface area contributed by atoms with Crippen molar-refractivity contribution < 1.29 is 59.9 Å². The van der Waals surface area contributed by atoms with Crippen LogP contribution in [0.2, 0.25) is 0 Å². The smallest absolute Gasteiger partial charge is 0.320 e. The summed E-state index contributed by atoms with van der Waals surface area (Å²) in [5.41, 5.74) is 0. The average Bonchev–Trinajstić information content (AvgIpc) is 2.75. The van der Waals surface area contributed by atoms with E-state index in [0.717, 1.165) is 0 Å². The molecule has 0 aromatic carbocycles. The molecule has 0 saturated carbocycles.